The average Bonchev–Trinajstić information content (AvgIpc) is 2.88. The van der Waals surface area contributed by atoms with Gasteiger partial charge in [-0.15, -0.1) is 0 Å². The van der Waals surface area contributed by atoms with Crippen LogP contribution in [0.25, 0.3) is 0 Å². The summed E-state index contributed by atoms with van der Waals surface area (Å²) in [4.78, 5) is 2.80. The number of hydrogen-bond acceptors (Lipinski definition) is 2. The molecule has 2 rings (SSSR count). The van der Waals surface area contributed by atoms with Crippen LogP contribution >= 0.6 is 0 Å². The quantitative estimate of drug-likeness (QED) is 0.789. The van der Waals surface area contributed by atoms with Crippen LogP contribution in [0.15, 0.2) is 0 Å². The molecule has 1 aliphatic carbocycles. The fourth-order valence-corrected chi connectivity index (χ4v) is 4.36. The summed E-state index contributed by atoms with van der Waals surface area (Å²) in [5, 5.41) is 3.76. The Hall–Kier alpha value is -0.0800. The van der Waals surface area contributed by atoms with Crippen molar-refractivity contribution in [3.05, 3.63) is 0 Å². The van der Waals surface area contributed by atoms with Crippen LogP contribution in [0.3, 0.4) is 0 Å². The molecular weight excluding hydrogens is 232 g/mol. The molecule has 1 N–H and O–H groups in total. The summed E-state index contributed by atoms with van der Waals surface area (Å²) in [5.74, 6) is 1.88. The van der Waals surface area contributed by atoms with E-state index in [9.17, 15) is 0 Å². The average molecular weight is 266 g/mol. The van der Waals surface area contributed by atoms with E-state index in [1.54, 1.807) is 0 Å². The lowest BCUT2D eigenvalue weighted by Gasteiger charge is -2.39. The van der Waals surface area contributed by atoms with Gasteiger partial charge in [0, 0.05) is 18.6 Å². The first-order valence-corrected chi connectivity index (χ1v) is 8.75. The summed E-state index contributed by atoms with van der Waals surface area (Å²) in [7, 11) is 0. The van der Waals surface area contributed by atoms with Crippen LogP contribution in [0.2, 0.25) is 0 Å². The maximum atomic E-state index is 3.76. The third-order valence-corrected chi connectivity index (χ3v) is 5.57. The minimum absolute atomic E-state index is 0.783. The van der Waals surface area contributed by atoms with Gasteiger partial charge in [0.15, 0.2) is 0 Å². The van der Waals surface area contributed by atoms with Gasteiger partial charge >= 0.3 is 0 Å². The van der Waals surface area contributed by atoms with Crippen molar-refractivity contribution in [1.29, 1.82) is 0 Å². The first kappa shape index (κ1) is 15.3. The number of rotatable bonds is 6. The first-order chi connectivity index (χ1) is 9.28. The number of hydrogen-bond donors (Lipinski definition) is 1. The number of nitrogens with zero attached hydrogens (tertiary/aromatic N) is 1. The van der Waals surface area contributed by atoms with Crippen molar-refractivity contribution in [1.82, 2.24) is 10.2 Å². The summed E-state index contributed by atoms with van der Waals surface area (Å²) in [6, 6.07) is 1.66. The third-order valence-electron chi connectivity index (χ3n) is 5.57. The first-order valence-electron chi connectivity index (χ1n) is 8.75. The molecule has 2 heteroatoms. The van der Waals surface area contributed by atoms with Crippen molar-refractivity contribution < 1.29 is 0 Å². The van der Waals surface area contributed by atoms with Crippen molar-refractivity contribution in [3.63, 3.8) is 0 Å². The predicted molar refractivity (Wildman–Crippen MR) is 83.5 cm³/mol. The molecule has 1 saturated heterocycles. The molecule has 4 atom stereocenters. The summed E-state index contributed by atoms with van der Waals surface area (Å²) < 4.78 is 0. The zero-order chi connectivity index (χ0) is 13.7. The van der Waals surface area contributed by atoms with Crippen LogP contribution in [0, 0.1) is 11.8 Å². The van der Waals surface area contributed by atoms with E-state index in [1.807, 2.05) is 0 Å². The van der Waals surface area contributed by atoms with Crippen molar-refractivity contribution in [3.8, 4) is 0 Å². The van der Waals surface area contributed by atoms with Gasteiger partial charge in [-0.2, -0.15) is 0 Å². The molecular formula is C17H34N2. The van der Waals surface area contributed by atoms with Crippen LogP contribution < -0.4 is 5.32 Å². The minimum atomic E-state index is 0.783. The lowest BCUT2D eigenvalue weighted by atomic mass is 9.76. The monoisotopic (exact) mass is 266 g/mol. The smallest absolute Gasteiger partial charge is 0.0108 e. The van der Waals surface area contributed by atoms with Gasteiger partial charge < -0.3 is 10.2 Å². The van der Waals surface area contributed by atoms with E-state index in [2.05, 4.69) is 31.0 Å². The van der Waals surface area contributed by atoms with E-state index < -0.39 is 0 Å². The van der Waals surface area contributed by atoms with Crippen molar-refractivity contribution in [2.75, 3.05) is 19.6 Å². The van der Waals surface area contributed by atoms with E-state index in [0.29, 0.717) is 0 Å². The second kappa shape index (κ2) is 7.64. The highest BCUT2D eigenvalue weighted by atomic mass is 15.2. The molecule has 2 nitrogen and oxygen atoms in total. The summed E-state index contributed by atoms with van der Waals surface area (Å²) in [6.07, 6.45) is 9.90. The Kier molecular flexibility index (Phi) is 6.15. The lowest BCUT2D eigenvalue weighted by Crippen LogP contribution is -2.46. The van der Waals surface area contributed by atoms with Gasteiger partial charge in [-0.3, -0.25) is 0 Å². The van der Waals surface area contributed by atoms with E-state index >= 15 is 0 Å². The highest BCUT2D eigenvalue weighted by Gasteiger charge is 2.33. The zero-order valence-electron chi connectivity index (χ0n) is 13.3. The Bertz CT molecular complexity index is 254. The van der Waals surface area contributed by atoms with E-state index in [0.717, 1.165) is 30.5 Å². The van der Waals surface area contributed by atoms with Crippen LogP contribution in [0.1, 0.15) is 65.7 Å². The Morgan fingerprint density at radius 1 is 1.05 bits per heavy atom. The van der Waals surface area contributed by atoms with E-state index in [1.165, 1.54) is 58.0 Å². The van der Waals surface area contributed by atoms with Crippen molar-refractivity contribution in [2.45, 2.75) is 77.8 Å². The number of nitrogens with one attached hydrogen (secondary N) is 1. The fraction of sp³-hybridized carbons (Fsp3) is 1.00. The third kappa shape index (κ3) is 3.95. The lowest BCUT2D eigenvalue weighted by molar-refractivity contribution is 0.130. The normalized spacial score (nSPS) is 36.8. The van der Waals surface area contributed by atoms with E-state index in [4.69, 9.17) is 0 Å². The maximum Gasteiger partial charge on any atom is 0.0108 e. The minimum Gasteiger partial charge on any atom is -0.314 e. The zero-order valence-corrected chi connectivity index (χ0v) is 13.3. The molecule has 0 radical (unpaired) electrons. The van der Waals surface area contributed by atoms with Crippen molar-refractivity contribution >= 4 is 0 Å². The van der Waals surface area contributed by atoms with Gasteiger partial charge in [-0.1, -0.05) is 27.2 Å². The molecule has 0 spiro atoms. The molecule has 1 heterocycles. The Morgan fingerprint density at radius 2 is 1.89 bits per heavy atom. The molecule has 0 aromatic carbocycles. The number of likely N-dealkylation sites (tertiary alicyclic amines) is 1. The fourth-order valence-electron chi connectivity index (χ4n) is 4.36. The van der Waals surface area contributed by atoms with Crippen LogP contribution in [0.4, 0.5) is 0 Å². The summed E-state index contributed by atoms with van der Waals surface area (Å²) >= 11 is 0. The standard InChI is InChI=1S/C17H34N2/c1-4-14-9-10-17(18-6-3)15(12-14)13-19-11-7-8-16(19)5-2/h14-18H,4-13H2,1-3H3. The maximum absolute atomic E-state index is 3.76. The highest BCUT2D eigenvalue weighted by molar-refractivity contribution is 4.89. The molecule has 19 heavy (non-hydrogen) atoms. The molecule has 0 amide bonds. The SMILES string of the molecule is CCNC1CCC(CC)CC1CN1CCCC1CC. The molecule has 0 aromatic heterocycles. The molecule has 2 aliphatic rings. The molecule has 1 aliphatic heterocycles. The molecule has 4 unspecified atom stereocenters. The van der Waals surface area contributed by atoms with Crippen LogP contribution in [-0.4, -0.2) is 36.6 Å². The van der Waals surface area contributed by atoms with Crippen LogP contribution in [0.5, 0.6) is 0 Å². The van der Waals surface area contributed by atoms with Gasteiger partial charge in [-0.25, -0.2) is 0 Å². The largest absolute Gasteiger partial charge is 0.314 e. The summed E-state index contributed by atoms with van der Waals surface area (Å²) in [5.41, 5.74) is 0. The molecule has 0 aromatic rings. The Balaban J connectivity index is 1.92. The molecule has 2 fully saturated rings. The predicted octanol–water partition coefficient (Wildman–Crippen LogP) is 3.67. The Morgan fingerprint density at radius 3 is 2.58 bits per heavy atom. The van der Waals surface area contributed by atoms with Crippen molar-refractivity contribution in [2.24, 2.45) is 11.8 Å². The molecule has 112 valence electrons. The second-order valence-electron chi connectivity index (χ2n) is 6.71. The van der Waals surface area contributed by atoms with Gasteiger partial charge in [-0.05, 0) is 63.5 Å². The van der Waals surface area contributed by atoms with Gasteiger partial charge in [0.25, 0.3) is 0 Å². The van der Waals surface area contributed by atoms with Gasteiger partial charge in [0.1, 0.15) is 0 Å². The summed E-state index contributed by atoms with van der Waals surface area (Å²) in [6.45, 7) is 10.8. The second-order valence-corrected chi connectivity index (χ2v) is 6.71. The van der Waals surface area contributed by atoms with Gasteiger partial charge in [0.2, 0.25) is 0 Å². The topological polar surface area (TPSA) is 15.3 Å². The molecule has 1 saturated carbocycles. The highest BCUT2D eigenvalue weighted by Crippen LogP contribution is 2.33. The molecule has 0 bridgehead atoms. The van der Waals surface area contributed by atoms with E-state index in [-0.39, 0.29) is 0 Å². The Labute approximate surface area is 120 Å². The van der Waals surface area contributed by atoms with Gasteiger partial charge in [0.05, 0.1) is 0 Å². The van der Waals surface area contributed by atoms with Crippen LogP contribution in [-0.2, 0) is 0 Å².